The van der Waals surface area contributed by atoms with Gasteiger partial charge in [-0.05, 0) is 109 Å². The molecule has 2 aromatic heterocycles. The van der Waals surface area contributed by atoms with E-state index >= 15 is 0 Å². The minimum atomic E-state index is -0.364. The lowest BCUT2D eigenvalue weighted by Crippen LogP contribution is -2.38. The topological polar surface area (TPSA) is 141 Å². The number of benzene rings is 6. The molecule has 11 heteroatoms. The van der Waals surface area contributed by atoms with Crippen LogP contribution in [0.25, 0.3) is 44.3 Å². The zero-order valence-electron chi connectivity index (χ0n) is 37.2. The van der Waals surface area contributed by atoms with Crippen LogP contribution in [-0.2, 0) is 4.74 Å². The minimum absolute atomic E-state index is 0.0698. The van der Waals surface area contributed by atoms with E-state index in [1.165, 1.54) is 7.11 Å². The van der Waals surface area contributed by atoms with Crippen molar-refractivity contribution in [1.82, 2.24) is 29.7 Å². The highest BCUT2D eigenvalue weighted by Gasteiger charge is 2.28. The van der Waals surface area contributed by atoms with Crippen molar-refractivity contribution in [2.24, 2.45) is 0 Å². The number of amides is 2. The van der Waals surface area contributed by atoms with Gasteiger partial charge in [-0.2, -0.15) is 0 Å². The average Bonchev–Trinajstić information content (AvgIpc) is 4.03. The van der Waals surface area contributed by atoms with Crippen LogP contribution in [0.3, 0.4) is 0 Å². The highest BCUT2D eigenvalue weighted by molar-refractivity contribution is 5.99. The van der Waals surface area contributed by atoms with E-state index in [2.05, 4.69) is 34.2 Å². The SMILES string of the molecule is CCC(=O)c1ccc2nc(C3CCN(C(=O)c4ccc(-c5ccccc5)cc4)CC3)[nH]c2c1.COC(=O)c1ccc2nc(C3CCN(C(=O)c4ccc(-c5ccccc5)cc4)CC3)[nH]c2c1. The molecule has 332 valence electrons. The molecule has 4 heterocycles. The zero-order chi connectivity index (χ0) is 45.6. The van der Waals surface area contributed by atoms with Crippen LogP contribution in [0.5, 0.6) is 0 Å². The van der Waals surface area contributed by atoms with E-state index in [4.69, 9.17) is 14.7 Å². The van der Waals surface area contributed by atoms with Gasteiger partial charge in [0.1, 0.15) is 11.6 Å². The van der Waals surface area contributed by atoms with Crippen molar-refractivity contribution in [2.45, 2.75) is 50.9 Å². The fourth-order valence-electron chi connectivity index (χ4n) is 9.02. The Morgan fingerprint density at radius 2 is 0.894 bits per heavy atom. The number of imidazole rings is 2. The number of carbonyl (C=O) groups excluding carboxylic acids is 4. The van der Waals surface area contributed by atoms with Crippen molar-refractivity contribution in [3.05, 3.63) is 179 Å². The Labute approximate surface area is 383 Å². The van der Waals surface area contributed by atoms with Crippen molar-refractivity contribution in [3.8, 4) is 22.3 Å². The smallest absolute Gasteiger partial charge is 0.337 e. The van der Waals surface area contributed by atoms with Gasteiger partial charge in [-0.1, -0.05) is 91.9 Å². The summed E-state index contributed by atoms with van der Waals surface area (Å²) in [5.74, 6) is 2.32. The number of H-pyrrole nitrogens is 2. The lowest BCUT2D eigenvalue weighted by atomic mass is 9.95. The van der Waals surface area contributed by atoms with Crippen molar-refractivity contribution in [1.29, 1.82) is 0 Å². The molecule has 0 radical (unpaired) electrons. The van der Waals surface area contributed by atoms with E-state index in [1.807, 2.05) is 126 Å². The molecule has 0 unspecified atom stereocenters. The number of aromatic amines is 2. The number of piperidine rings is 2. The van der Waals surface area contributed by atoms with Crippen molar-refractivity contribution >= 4 is 45.6 Å². The second kappa shape index (κ2) is 19.6. The molecule has 2 aliphatic rings. The highest BCUT2D eigenvalue weighted by Crippen LogP contribution is 2.31. The molecule has 0 bridgehead atoms. The van der Waals surface area contributed by atoms with Crippen LogP contribution in [-0.4, -0.2) is 86.6 Å². The standard InChI is InChI=1S/C28H27N3O2.C27H25N3O3/c1-2-26(32)23-12-13-24-25(18-23)30-27(29-24)21-14-16-31(17-15-21)28(33)22-10-8-20(9-11-22)19-6-4-3-5-7-19;1-33-27(32)22-11-12-23-24(17-22)29-25(28-23)20-13-15-30(16-14-20)26(31)21-9-7-19(8-10-21)18-5-3-2-4-6-18/h3-13,18,21H,2,14-17H2,1H3,(H,29,30);2-12,17,20H,13-16H2,1H3,(H,28,29). The third-order valence-electron chi connectivity index (χ3n) is 12.9. The van der Waals surface area contributed by atoms with Crippen LogP contribution in [0.15, 0.2) is 146 Å². The van der Waals surface area contributed by atoms with Gasteiger partial charge in [-0.25, -0.2) is 14.8 Å². The van der Waals surface area contributed by atoms with Gasteiger partial charge in [-0.15, -0.1) is 0 Å². The number of methoxy groups -OCH3 is 1. The quantitative estimate of drug-likeness (QED) is 0.109. The van der Waals surface area contributed by atoms with E-state index < -0.39 is 0 Å². The number of carbonyl (C=O) groups is 4. The van der Waals surface area contributed by atoms with Crippen LogP contribution >= 0.6 is 0 Å². The maximum Gasteiger partial charge on any atom is 0.337 e. The van der Waals surface area contributed by atoms with Gasteiger partial charge in [0, 0.05) is 61.1 Å². The number of hydrogen-bond donors (Lipinski definition) is 2. The van der Waals surface area contributed by atoms with Gasteiger partial charge >= 0.3 is 5.97 Å². The number of aromatic nitrogens is 4. The van der Waals surface area contributed by atoms with Crippen LogP contribution in [0.4, 0.5) is 0 Å². The maximum absolute atomic E-state index is 13.0. The third kappa shape index (κ3) is 9.56. The fraction of sp³-hybridized carbons (Fsp3) is 0.236. The summed E-state index contributed by atoms with van der Waals surface area (Å²) >= 11 is 0. The summed E-state index contributed by atoms with van der Waals surface area (Å²) in [4.78, 5) is 69.9. The molecule has 2 saturated heterocycles. The summed E-state index contributed by atoms with van der Waals surface area (Å²) in [6.45, 7) is 4.67. The predicted octanol–water partition coefficient (Wildman–Crippen LogP) is 10.9. The van der Waals surface area contributed by atoms with E-state index in [9.17, 15) is 19.2 Å². The third-order valence-corrected chi connectivity index (χ3v) is 12.9. The molecule has 2 amide bonds. The monoisotopic (exact) mass is 876 g/mol. The van der Waals surface area contributed by atoms with Crippen molar-refractivity contribution in [3.63, 3.8) is 0 Å². The largest absolute Gasteiger partial charge is 0.465 e. The molecule has 2 aliphatic heterocycles. The molecule has 6 aromatic carbocycles. The first-order chi connectivity index (χ1) is 32.2. The van der Waals surface area contributed by atoms with E-state index in [0.717, 1.165) is 92.8 Å². The van der Waals surface area contributed by atoms with Gasteiger partial charge in [0.2, 0.25) is 0 Å². The fourth-order valence-corrected chi connectivity index (χ4v) is 9.02. The van der Waals surface area contributed by atoms with Gasteiger partial charge in [0.25, 0.3) is 11.8 Å². The maximum atomic E-state index is 13.0. The molecule has 2 N–H and O–H groups in total. The number of likely N-dealkylation sites (tertiary alicyclic amines) is 2. The summed E-state index contributed by atoms with van der Waals surface area (Å²) in [7, 11) is 1.37. The van der Waals surface area contributed by atoms with Crippen LogP contribution in [0, 0.1) is 0 Å². The lowest BCUT2D eigenvalue weighted by molar-refractivity contribution is 0.0599. The predicted molar refractivity (Wildman–Crippen MR) is 258 cm³/mol. The Morgan fingerprint density at radius 1 is 0.515 bits per heavy atom. The Kier molecular flexibility index (Phi) is 12.9. The summed E-state index contributed by atoms with van der Waals surface area (Å²) in [5.41, 5.74) is 10.6. The molecule has 0 aliphatic carbocycles. The molecule has 8 aromatic rings. The summed E-state index contributed by atoms with van der Waals surface area (Å²) < 4.78 is 4.80. The van der Waals surface area contributed by atoms with E-state index in [1.54, 1.807) is 12.1 Å². The lowest BCUT2D eigenvalue weighted by Gasteiger charge is -2.31. The average molecular weight is 877 g/mol. The molecular weight excluding hydrogens is 825 g/mol. The first-order valence-corrected chi connectivity index (χ1v) is 22.7. The van der Waals surface area contributed by atoms with Gasteiger partial charge in [0.05, 0.1) is 34.7 Å². The molecule has 10 rings (SSSR count). The number of rotatable bonds is 9. The number of fused-ring (bicyclic) bond motifs is 2. The van der Waals surface area contributed by atoms with Gasteiger partial charge in [-0.3, -0.25) is 14.4 Å². The first kappa shape index (κ1) is 43.6. The minimum Gasteiger partial charge on any atom is -0.465 e. The molecule has 2 fully saturated rings. The Balaban J connectivity index is 0.000000166. The van der Waals surface area contributed by atoms with E-state index in [0.29, 0.717) is 43.7 Å². The van der Waals surface area contributed by atoms with Crippen LogP contribution in [0.1, 0.15) is 104 Å². The van der Waals surface area contributed by atoms with Crippen LogP contribution < -0.4 is 0 Å². The number of nitrogens with zero attached hydrogens (tertiary/aromatic N) is 4. The second-order valence-corrected chi connectivity index (χ2v) is 17.0. The Hall–Kier alpha value is -7.66. The number of ether oxygens (including phenoxy) is 1. The van der Waals surface area contributed by atoms with Crippen molar-refractivity contribution < 1.29 is 23.9 Å². The second-order valence-electron chi connectivity index (χ2n) is 17.0. The molecule has 11 nitrogen and oxygen atoms in total. The molecule has 66 heavy (non-hydrogen) atoms. The molecule has 0 saturated carbocycles. The van der Waals surface area contributed by atoms with Gasteiger partial charge < -0.3 is 24.5 Å². The summed E-state index contributed by atoms with van der Waals surface area (Å²) in [6.07, 6.45) is 3.92. The number of hydrogen-bond acceptors (Lipinski definition) is 7. The molecular formula is C55H52N6O5. The van der Waals surface area contributed by atoms with Gasteiger partial charge in [0.15, 0.2) is 5.78 Å². The zero-order valence-corrected chi connectivity index (χ0v) is 37.2. The molecule has 0 spiro atoms. The molecule has 0 atom stereocenters. The number of ketones is 1. The Bertz CT molecular complexity index is 2780. The number of esters is 1. The van der Waals surface area contributed by atoms with E-state index in [-0.39, 0.29) is 35.4 Å². The summed E-state index contributed by atoms with van der Waals surface area (Å²) in [6, 6.07) is 47.0. The van der Waals surface area contributed by atoms with Crippen molar-refractivity contribution in [2.75, 3.05) is 33.3 Å². The normalized spacial score (nSPS) is 14.5. The highest BCUT2D eigenvalue weighted by atomic mass is 16.5. The van der Waals surface area contributed by atoms with Crippen LogP contribution in [0.2, 0.25) is 0 Å². The number of nitrogens with one attached hydrogen (secondary N) is 2. The summed E-state index contributed by atoms with van der Waals surface area (Å²) in [5, 5.41) is 0. The first-order valence-electron chi connectivity index (χ1n) is 22.7. The number of Topliss-reactive ketones (excluding diaryl/α,β-unsaturated/α-hetero) is 1. The Morgan fingerprint density at radius 3 is 1.30 bits per heavy atom.